The van der Waals surface area contributed by atoms with E-state index in [1.165, 1.54) is 12.3 Å². The molecule has 0 spiro atoms. The van der Waals surface area contributed by atoms with Gasteiger partial charge in [0.25, 0.3) is 5.56 Å². The van der Waals surface area contributed by atoms with Crippen molar-refractivity contribution in [3.63, 3.8) is 0 Å². The van der Waals surface area contributed by atoms with Crippen LogP contribution >= 0.6 is 0 Å². The van der Waals surface area contributed by atoms with Crippen molar-refractivity contribution < 1.29 is 27.4 Å². The molecule has 12 heteroatoms. The second kappa shape index (κ2) is 10.6. The summed E-state index contributed by atoms with van der Waals surface area (Å²) < 4.78 is 49.2. The van der Waals surface area contributed by atoms with Crippen molar-refractivity contribution in [1.29, 1.82) is 0 Å². The van der Waals surface area contributed by atoms with Gasteiger partial charge in [-0.1, -0.05) is 0 Å². The van der Waals surface area contributed by atoms with E-state index in [1.54, 1.807) is 18.7 Å². The van der Waals surface area contributed by atoms with Crippen LogP contribution in [0.3, 0.4) is 0 Å². The van der Waals surface area contributed by atoms with Crippen LogP contribution in [0.15, 0.2) is 29.3 Å². The van der Waals surface area contributed by atoms with Crippen LogP contribution in [-0.2, 0) is 15.7 Å². The number of hydrogen-bond acceptors (Lipinski definition) is 7. The maximum absolute atomic E-state index is 12.7. The van der Waals surface area contributed by atoms with Crippen LogP contribution in [-0.4, -0.2) is 71.5 Å². The number of H-pyrrole nitrogens is 1. The molecule has 1 N–H and O–H groups in total. The summed E-state index contributed by atoms with van der Waals surface area (Å²) in [5.74, 6) is 0.780. The van der Waals surface area contributed by atoms with E-state index < -0.39 is 11.7 Å². The molecule has 0 unspecified atom stereocenters. The van der Waals surface area contributed by atoms with Gasteiger partial charge in [-0.3, -0.25) is 9.59 Å². The monoisotopic (exact) mass is 469 g/mol. The Morgan fingerprint density at radius 1 is 1.21 bits per heavy atom. The molecule has 0 aliphatic carbocycles. The molecule has 1 fully saturated rings. The number of rotatable bonds is 8. The number of nitrogens with one attached hydrogen (secondary N) is 1. The Labute approximate surface area is 188 Å². The van der Waals surface area contributed by atoms with Gasteiger partial charge >= 0.3 is 6.18 Å². The van der Waals surface area contributed by atoms with E-state index in [1.807, 2.05) is 4.90 Å². The minimum atomic E-state index is -4.42. The molecular formula is C21H26F3N5O4. The van der Waals surface area contributed by atoms with E-state index >= 15 is 0 Å². The molecular weight excluding hydrogens is 443 g/mol. The Kier molecular flexibility index (Phi) is 7.90. The van der Waals surface area contributed by atoms with Crippen LogP contribution < -0.4 is 15.2 Å². The first-order valence-corrected chi connectivity index (χ1v) is 10.5. The summed E-state index contributed by atoms with van der Waals surface area (Å²) in [6, 6.07) is 2.36. The third-order valence-electron chi connectivity index (χ3n) is 5.23. The zero-order chi connectivity index (χ0) is 24.0. The lowest BCUT2D eigenvalue weighted by Gasteiger charge is -2.35. The quantitative estimate of drug-likeness (QED) is 0.591. The fourth-order valence-electron chi connectivity index (χ4n) is 3.30. The molecule has 33 heavy (non-hydrogen) atoms. The number of halogens is 3. The average molecular weight is 469 g/mol. The number of nitrogens with zero attached hydrogens (tertiary/aromatic N) is 4. The lowest BCUT2D eigenvalue weighted by molar-refractivity contribution is -0.138. The molecule has 1 aliphatic rings. The number of piperazine rings is 1. The van der Waals surface area contributed by atoms with Crippen LogP contribution in [0.2, 0.25) is 0 Å². The highest BCUT2D eigenvalue weighted by atomic mass is 19.4. The summed E-state index contributed by atoms with van der Waals surface area (Å²) in [4.78, 5) is 31.4. The van der Waals surface area contributed by atoms with E-state index in [0.717, 1.165) is 12.3 Å². The molecule has 1 amide bonds. The molecule has 180 valence electrons. The van der Waals surface area contributed by atoms with Gasteiger partial charge in [-0.15, -0.1) is 0 Å². The second-order valence-corrected chi connectivity index (χ2v) is 7.71. The third-order valence-corrected chi connectivity index (χ3v) is 5.23. The Morgan fingerprint density at radius 2 is 1.94 bits per heavy atom. The van der Waals surface area contributed by atoms with E-state index in [4.69, 9.17) is 9.47 Å². The Hall–Kier alpha value is -3.15. The summed E-state index contributed by atoms with van der Waals surface area (Å²) in [6.45, 7) is 5.77. The van der Waals surface area contributed by atoms with Crippen molar-refractivity contribution in [3.05, 3.63) is 46.0 Å². The zero-order valence-corrected chi connectivity index (χ0v) is 18.4. The molecule has 0 bridgehead atoms. The molecule has 2 aromatic heterocycles. The van der Waals surface area contributed by atoms with Gasteiger partial charge in [0, 0.05) is 32.4 Å². The zero-order valence-electron chi connectivity index (χ0n) is 18.4. The average Bonchev–Trinajstić information content (AvgIpc) is 2.79. The number of amides is 1. The minimum Gasteiger partial charge on any atom is -0.486 e. The van der Waals surface area contributed by atoms with Crippen LogP contribution in [0.1, 0.15) is 24.5 Å². The highest BCUT2D eigenvalue weighted by Crippen LogP contribution is 2.29. The summed E-state index contributed by atoms with van der Waals surface area (Å²) in [5.41, 5.74) is -0.679. The summed E-state index contributed by atoms with van der Waals surface area (Å²) >= 11 is 0. The van der Waals surface area contributed by atoms with Crippen LogP contribution in [0.4, 0.5) is 19.0 Å². The van der Waals surface area contributed by atoms with Crippen molar-refractivity contribution in [2.75, 3.05) is 44.3 Å². The molecule has 2 aromatic rings. The molecule has 9 nitrogen and oxygen atoms in total. The number of aromatic amines is 1. The first-order chi connectivity index (χ1) is 15.6. The number of anilines is 1. The predicted molar refractivity (Wildman–Crippen MR) is 113 cm³/mol. The number of aromatic nitrogens is 3. The number of ether oxygens (including phenoxy) is 2. The first-order valence-electron chi connectivity index (χ1n) is 10.5. The first kappa shape index (κ1) is 24.5. The maximum Gasteiger partial charge on any atom is 0.417 e. The highest BCUT2D eigenvalue weighted by Gasteiger charge is 2.31. The van der Waals surface area contributed by atoms with Crippen LogP contribution in [0, 0.1) is 6.92 Å². The highest BCUT2D eigenvalue weighted by molar-refractivity contribution is 5.76. The van der Waals surface area contributed by atoms with Gasteiger partial charge in [-0.05, 0) is 26.0 Å². The van der Waals surface area contributed by atoms with Gasteiger partial charge in [0.15, 0.2) is 0 Å². The van der Waals surface area contributed by atoms with Crippen molar-refractivity contribution >= 4 is 11.7 Å². The number of pyridine rings is 1. The van der Waals surface area contributed by atoms with Crippen LogP contribution in [0.5, 0.6) is 5.75 Å². The lowest BCUT2D eigenvalue weighted by atomic mass is 10.2. The number of carbonyl (C=O) groups is 1. The summed E-state index contributed by atoms with van der Waals surface area (Å²) in [7, 11) is 0. The third kappa shape index (κ3) is 6.67. The summed E-state index contributed by atoms with van der Waals surface area (Å²) in [6.07, 6.45) is -2.29. The fourth-order valence-corrected chi connectivity index (χ4v) is 3.30. The molecule has 0 aromatic carbocycles. The van der Waals surface area contributed by atoms with Gasteiger partial charge in [0.1, 0.15) is 17.7 Å². The smallest absolute Gasteiger partial charge is 0.417 e. The summed E-state index contributed by atoms with van der Waals surface area (Å²) in [5, 5.41) is 6.02. The maximum atomic E-state index is 12.7. The minimum absolute atomic E-state index is 0.0572. The Bertz CT molecular complexity index is 989. The Morgan fingerprint density at radius 3 is 2.58 bits per heavy atom. The standard InChI is InChI=1S/C21H26F3N5O4/c1-14(33-17-12-26-27-20(31)15(17)2)13-32-10-5-19(30)29-8-6-28(7-9-29)18-4-3-16(11-25-18)21(22,23)24/h3-4,11-12,14H,5-10,13H2,1-2H3,(H,27,31)/t14-/m0/s1. The van der Waals surface area contributed by atoms with E-state index in [2.05, 4.69) is 15.2 Å². The van der Waals surface area contributed by atoms with Gasteiger partial charge < -0.3 is 19.3 Å². The number of hydrogen-bond donors (Lipinski definition) is 1. The molecule has 3 heterocycles. The van der Waals surface area contributed by atoms with Gasteiger partial charge in [-0.25, -0.2) is 10.1 Å². The van der Waals surface area contributed by atoms with E-state index in [0.29, 0.717) is 43.3 Å². The SMILES string of the molecule is Cc1c(O[C@@H](C)COCCC(=O)N2CCN(c3ccc(C(F)(F)F)cn3)CC2)cn[nH]c1=O. The molecule has 3 rings (SSSR count). The van der Waals surface area contributed by atoms with Gasteiger partial charge in [0.05, 0.1) is 37.0 Å². The predicted octanol–water partition coefficient (Wildman–Crippen LogP) is 2.01. The lowest BCUT2D eigenvalue weighted by Crippen LogP contribution is -2.49. The topological polar surface area (TPSA) is 101 Å². The molecule has 0 radical (unpaired) electrons. The van der Waals surface area contributed by atoms with Crippen molar-refractivity contribution in [1.82, 2.24) is 20.1 Å². The molecule has 1 saturated heterocycles. The number of alkyl halides is 3. The number of carbonyl (C=O) groups excluding carboxylic acids is 1. The largest absolute Gasteiger partial charge is 0.486 e. The van der Waals surface area contributed by atoms with Crippen molar-refractivity contribution in [2.24, 2.45) is 0 Å². The molecule has 0 saturated carbocycles. The second-order valence-electron chi connectivity index (χ2n) is 7.71. The van der Waals surface area contributed by atoms with Gasteiger partial charge in [0.2, 0.25) is 5.91 Å². The normalized spacial score (nSPS) is 15.4. The Balaban J connectivity index is 1.36. The van der Waals surface area contributed by atoms with Gasteiger partial charge in [-0.2, -0.15) is 18.3 Å². The fraction of sp³-hybridized carbons (Fsp3) is 0.524. The van der Waals surface area contributed by atoms with E-state index in [-0.39, 0.29) is 37.2 Å². The molecule has 1 aliphatic heterocycles. The van der Waals surface area contributed by atoms with E-state index in [9.17, 15) is 22.8 Å². The van der Waals surface area contributed by atoms with Crippen LogP contribution in [0.25, 0.3) is 0 Å². The van der Waals surface area contributed by atoms with Crippen molar-refractivity contribution in [2.45, 2.75) is 32.5 Å². The molecule has 1 atom stereocenters. The van der Waals surface area contributed by atoms with Crippen molar-refractivity contribution in [3.8, 4) is 5.75 Å².